The van der Waals surface area contributed by atoms with Gasteiger partial charge in [-0.2, -0.15) is 0 Å². The minimum atomic E-state index is -0.906. The summed E-state index contributed by atoms with van der Waals surface area (Å²) in [4.78, 5) is 23.4. The predicted molar refractivity (Wildman–Crippen MR) is 51.8 cm³/mol. The van der Waals surface area contributed by atoms with Crippen LogP contribution < -0.4 is 0 Å². The molecule has 1 aliphatic carbocycles. The highest BCUT2D eigenvalue weighted by atomic mass is 16.4. The van der Waals surface area contributed by atoms with E-state index in [4.69, 9.17) is 5.11 Å². The fourth-order valence-electron chi connectivity index (χ4n) is 2.23. The third kappa shape index (κ3) is 1.61. The molecule has 0 spiro atoms. The van der Waals surface area contributed by atoms with Crippen LogP contribution in [0.5, 0.6) is 0 Å². The van der Waals surface area contributed by atoms with E-state index in [0.717, 1.165) is 6.42 Å². The third-order valence-corrected chi connectivity index (χ3v) is 2.91. The summed E-state index contributed by atoms with van der Waals surface area (Å²) < 4.78 is 0. The lowest BCUT2D eigenvalue weighted by molar-refractivity contribution is -0.165. The van der Waals surface area contributed by atoms with Gasteiger partial charge in [-0.15, -0.1) is 0 Å². The summed E-state index contributed by atoms with van der Waals surface area (Å²) in [6.07, 6.45) is 2.63. The van der Waals surface area contributed by atoms with E-state index in [1.165, 1.54) is 4.90 Å². The maximum absolute atomic E-state index is 11.1. The van der Waals surface area contributed by atoms with Crippen LogP contribution in [0.25, 0.3) is 0 Å². The van der Waals surface area contributed by atoms with Crippen LogP contribution in [0.3, 0.4) is 0 Å². The summed E-state index contributed by atoms with van der Waals surface area (Å²) in [5, 5.41) is 9.13. The molecule has 0 heterocycles. The van der Waals surface area contributed by atoms with Crippen LogP contribution in [0.15, 0.2) is 0 Å². The molecule has 1 fully saturated rings. The van der Waals surface area contributed by atoms with E-state index in [0.29, 0.717) is 31.7 Å². The van der Waals surface area contributed by atoms with Crippen molar-refractivity contribution in [2.75, 3.05) is 6.54 Å². The van der Waals surface area contributed by atoms with Crippen LogP contribution in [0, 0.1) is 5.92 Å². The van der Waals surface area contributed by atoms with Gasteiger partial charge in [0.15, 0.2) is 0 Å². The Bertz CT molecular complexity index is 234. The number of amides is 1. The van der Waals surface area contributed by atoms with Gasteiger partial charge in [0.05, 0.1) is 0 Å². The third-order valence-electron chi connectivity index (χ3n) is 2.91. The smallest absolute Gasteiger partial charge is 0.329 e. The number of carboxylic acids is 1. The Morgan fingerprint density at radius 2 is 2.21 bits per heavy atom. The van der Waals surface area contributed by atoms with Crippen LogP contribution in [0.4, 0.5) is 0 Å². The molecule has 1 saturated carbocycles. The van der Waals surface area contributed by atoms with Gasteiger partial charge in [-0.1, -0.05) is 13.8 Å². The number of nitrogens with zero attached hydrogens (tertiary/aromatic N) is 1. The Morgan fingerprint density at radius 3 is 2.50 bits per heavy atom. The molecule has 0 radical (unpaired) electrons. The van der Waals surface area contributed by atoms with Crippen molar-refractivity contribution in [1.29, 1.82) is 0 Å². The second-order valence-electron chi connectivity index (χ2n) is 4.15. The molecule has 4 nitrogen and oxygen atoms in total. The summed E-state index contributed by atoms with van der Waals surface area (Å²) in [5.74, 6) is -0.457. The minimum absolute atomic E-state index is 0.408. The SMILES string of the molecule is CCCN(C=O)C1(C(=O)O)CC(C)C1. The van der Waals surface area contributed by atoms with Crippen molar-refractivity contribution in [3.63, 3.8) is 0 Å². The highest BCUT2D eigenvalue weighted by Gasteiger charge is 2.52. The Kier molecular flexibility index (Phi) is 3.13. The normalized spacial score (nSPS) is 30.6. The largest absolute Gasteiger partial charge is 0.479 e. The van der Waals surface area contributed by atoms with Gasteiger partial charge in [-0.25, -0.2) is 4.79 Å². The molecule has 0 saturated heterocycles. The van der Waals surface area contributed by atoms with E-state index in [1.54, 1.807) is 0 Å². The summed E-state index contributed by atoms with van der Waals surface area (Å²) in [7, 11) is 0. The summed E-state index contributed by atoms with van der Waals surface area (Å²) in [6.45, 7) is 4.48. The Hall–Kier alpha value is -1.06. The van der Waals surface area contributed by atoms with E-state index in [1.807, 2.05) is 13.8 Å². The highest BCUT2D eigenvalue weighted by molar-refractivity contribution is 5.82. The lowest BCUT2D eigenvalue weighted by atomic mass is 9.68. The van der Waals surface area contributed by atoms with Crippen molar-refractivity contribution in [2.45, 2.75) is 38.6 Å². The number of aliphatic carboxylic acids is 1. The minimum Gasteiger partial charge on any atom is -0.479 e. The molecular formula is C10H17NO3. The zero-order chi connectivity index (χ0) is 10.8. The first kappa shape index (κ1) is 11.0. The van der Waals surface area contributed by atoms with E-state index >= 15 is 0 Å². The lowest BCUT2D eigenvalue weighted by Crippen LogP contribution is -2.61. The summed E-state index contributed by atoms with van der Waals surface area (Å²) in [6, 6.07) is 0. The van der Waals surface area contributed by atoms with E-state index in [-0.39, 0.29) is 0 Å². The predicted octanol–water partition coefficient (Wildman–Crippen LogP) is 1.11. The fraction of sp³-hybridized carbons (Fsp3) is 0.800. The average Bonchev–Trinajstić information content (AvgIpc) is 2.08. The first-order valence-electron chi connectivity index (χ1n) is 5.02. The molecule has 0 aromatic rings. The van der Waals surface area contributed by atoms with Gasteiger partial charge in [0, 0.05) is 6.54 Å². The molecule has 0 unspecified atom stereocenters. The van der Waals surface area contributed by atoms with Crippen LogP contribution in [0.1, 0.15) is 33.1 Å². The molecule has 80 valence electrons. The fourth-order valence-corrected chi connectivity index (χ4v) is 2.23. The molecule has 0 aliphatic heterocycles. The van der Waals surface area contributed by atoms with Gasteiger partial charge >= 0.3 is 5.97 Å². The quantitative estimate of drug-likeness (QED) is 0.675. The molecule has 14 heavy (non-hydrogen) atoms. The summed E-state index contributed by atoms with van der Waals surface area (Å²) >= 11 is 0. The Balaban J connectivity index is 2.76. The van der Waals surface area contributed by atoms with Gasteiger partial charge in [-0.05, 0) is 25.2 Å². The lowest BCUT2D eigenvalue weighted by Gasteiger charge is -2.48. The zero-order valence-electron chi connectivity index (χ0n) is 8.69. The van der Waals surface area contributed by atoms with Gasteiger partial charge in [0.25, 0.3) is 0 Å². The van der Waals surface area contributed by atoms with Gasteiger partial charge in [-0.3, -0.25) is 4.79 Å². The number of hydrogen-bond acceptors (Lipinski definition) is 2. The molecule has 0 aromatic carbocycles. The maximum Gasteiger partial charge on any atom is 0.329 e. The molecule has 1 N–H and O–H groups in total. The standard InChI is InChI=1S/C10H17NO3/c1-3-4-11(7-12)10(9(13)14)5-8(2)6-10/h7-8H,3-6H2,1-2H3,(H,13,14). The van der Waals surface area contributed by atoms with Crippen molar-refractivity contribution >= 4 is 12.4 Å². The molecule has 1 rings (SSSR count). The van der Waals surface area contributed by atoms with Gasteiger partial charge in [0.2, 0.25) is 6.41 Å². The van der Waals surface area contributed by atoms with E-state index < -0.39 is 11.5 Å². The first-order valence-corrected chi connectivity index (χ1v) is 5.02. The number of carbonyl (C=O) groups is 2. The molecule has 0 aromatic heterocycles. The van der Waals surface area contributed by atoms with Crippen molar-refractivity contribution in [1.82, 2.24) is 4.90 Å². The van der Waals surface area contributed by atoms with E-state index in [9.17, 15) is 9.59 Å². The van der Waals surface area contributed by atoms with Crippen LogP contribution >= 0.6 is 0 Å². The van der Waals surface area contributed by atoms with Crippen molar-refractivity contribution in [3.8, 4) is 0 Å². The second kappa shape index (κ2) is 3.98. The highest BCUT2D eigenvalue weighted by Crippen LogP contribution is 2.42. The second-order valence-corrected chi connectivity index (χ2v) is 4.15. The topological polar surface area (TPSA) is 57.6 Å². The van der Waals surface area contributed by atoms with Crippen molar-refractivity contribution in [3.05, 3.63) is 0 Å². The number of rotatable bonds is 5. The summed E-state index contributed by atoms with van der Waals surface area (Å²) in [5.41, 5.74) is -0.906. The molecule has 4 heteroatoms. The maximum atomic E-state index is 11.1. The van der Waals surface area contributed by atoms with E-state index in [2.05, 4.69) is 0 Å². The monoisotopic (exact) mass is 199 g/mol. The molecular weight excluding hydrogens is 182 g/mol. The average molecular weight is 199 g/mol. The number of carbonyl (C=O) groups excluding carboxylic acids is 1. The number of carboxylic acid groups (broad SMARTS) is 1. The molecule has 1 aliphatic rings. The van der Waals surface area contributed by atoms with Gasteiger partial charge < -0.3 is 10.0 Å². The van der Waals surface area contributed by atoms with Crippen LogP contribution in [-0.4, -0.2) is 34.5 Å². The van der Waals surface area contributed by atoms with Crippen molar-refractivity contribution < 1.29 is 14.7 Å². The van der Waals surface area contributed by atoms with Crippen LogP contribution in [-0.2, 0) is 9.59 Å². The first-order chi connectivity index (χ1) is 6.56. The Labute approximate surface area is 83.9 Å². The molecule has 1 amide bonds. The Morgan fingerprint density at radius 1 is 1.64 bits per heavy atom. The molecule has 0 atom stereocenters. The van der Waals surface area contributed by atoms with Crippen LogP contribution in [0.2, 0.25) is 0 Å². The van der Waals surface area contributed by atoms with Gasteiger partial charge in [0.1, 0.15) is 5.54 Å². The molecule has 0 bridgehead atoms. The van der Waals surface area contributed by atoms with Crippen molar-refractivity contribution in [2.24, 2.45) is 5.92 Å². The zero-order valence-corrected chi connectivity index (χ0v) is 8.69. The number of hydrogen-bond donors (Lipinski definition) is 1.